The molecule has 0 saturated carbocycles. The van der Waals surface area contributed by atoms with Gasteiger partial charge in [-0.05, 0) is 30.7 Å². The van der Waals surface area contributed by atoms with E-state index < -0.39 is 17.5 Å². The lowest BCUT2D eigenvalue weighted by atomic mass is 10.1. The number of hydrogen-bond donors (Lipinski definition) is 2. The number of aryl methyl sites for hydroxylation is 1. The lowest BCUT2D eigenvalue weighted by Gasteiger charge is -2.13. The number of nitrogens with two attached hydrogens (primary N) is 1. The lowest BCUT2D eigenvalue weighted by molar-refractivity contribution is 0.144. The summed E-state index contributed by atoms with van der Waals surface area (Å²) < 4.78 is 5.91. The molecule has 0 radical (unpaired) electrons. The Balaban J connectivity index is 2.48. The van der Waals surface area contributed by atoms with Gasteiger partial charge in [-0.1, -0.05) is 23.7 Å². The summed E-state index contributed by atoms with van der Waals surface area (Å²) in [5.74, 6) is -0.453. The third-order valence-corrected chi connectivity index (χ3v) is 3.80. The van der Waals surface area contributed by atoms with E-state index in [1.54, 1.807) is 37.3 Å². The molecule has 2 heterocycles. The van der Waals surface area contributed by atoms with Crippen LogP contribution in [0.15, 0.2) is 41.3 Å². The minimum Gasteiger partial charge on any atom is -0.449 e. The van der Waals surface area contributed by atoms with Crippen LogP contribution in [0.3, 0.4) is 0 Å². The number of halogens is 1. The second kappa shape index (κ2) is 5.86. The number of nitrogen functional groups attached to an aromatic ring is 1. The number of hydrogen-bond acceptors (Lipinski definition) is 5. The van der Waals surface area contributed by atoms with Crippen molar-refractivity contribution in [3.8, 4) is 17.0 Å². The van der Waals surface area contributed by atoms with Crippen LogP contribution in [-0.2, 0) is 0 Å². The zero-order chi connectivity index (χ0) is 17.4. The molecule has 3 N–H and O–H groups in total. The maximum absolute atomic E-state index is 12.7. The van der Waals surface area contributed by atoms with Crippen LogP contribution in [0.2, 0.25) is 5.02 Å². The first-order valence-corrected chi connectivity index (χ1v) is 7.25. The second-order valence-electron chi connectivity index (χ2n) is 5.05. The van der Waals surface area contributed by atoms with E-state index >= 15 is 0 Å². The Kier molecular flexibility index (Phi) is 3.86. The van der Waals surface area contributed by atoms with Gasteiger partial charge in [-0.2, -0.15) is 0 Å². The predicted octanol–water partition coefficient (Wildman–Crippen LogP) is 2.96. The van der Waals surface area contributed by atoms with Gasteiger partial charge in [-0.3, -0.25) is 9.20 Å². The highest BCUT2D eigenvalue weighted by Crippen LogP contribution is 2.36. The van der Waals surface area contributed by atoms with E-state index in [1.165, 1.54) is 10.6 Å². The van der Waals surface area contributed by atoms with Gasteiger partial charge in [0, 0.05) is 17.4 Å². The van der Waals surface area contributed by atoms with Gasteiger partial charge in [0.2, 0.25) is 5.75 Å². The summed E-state index contributed by atoms with van der Waals surface area (Å²) in [7, 11) is 0. The number of ether oxygens (including phenoxy) is 1. The van der Waals surface area contributed by atoms with Gasteiger partial charge in [0.1, 0.15) is 11.3 Å². The van der Waals surface area contributed by atoms with Gasteiger partial charge >= 0.3 is 11.7 Å². The molecule has 0 spiro atoms. The van der Waals surface area contributed by atoms with Crippen molar-refractivity contribution in [2.75, 3.05) is 5.73 Å². The minimum absolute atomic E-state index is 0.0141. The van der Waals surface area contributed by atoms with Crippen LogP contribution in [0.5, 0.6) is 5.75 Å². The highest BCUT2D eigenvalue weighted by Gasteiger charge is 2.22. The van der Waals surface area contributed by atoms with E-state index in [-0.39, 0.29) is 22.0 Å². The Morgan fingerprint density at radius 2 is 2.08 bits per heavy atom. The molecule has 0 aliphatic rings. The van der Waals surface area contributed by atoms with Crippen LogP contribution in [0.25, 0.3) is 16.9 Å². The Morgan fingerprint density at radius 1 is 1.33 bits per heavy atom. The maximum Gasteiger partial charge on any atom is 0.511 e. The molecule has 122 valence electrons. The summed E-state index contributed by atoms with van der Waals surface area (Å²) in [5, 5.41) is 9.20. The maximum atomic E-state index is 12.7. The lowest BCUT2D eigenvalue weighted by Crippen LogP contribution is -2.22. The molecule has 8 heteroatoms. The molecule has 0 aliphatic carbocycles. The summed E-state index contributed by atoms with van der Waals surface area (Å²) in [6, 6.07) is 8.21. The fourth-order valence-corrected chi connectivity index (χ4v) is 2.69. The van der Waals surface area contributed by atoms with Crippen LogP contribution in [0, 0.1) is 6.92 Å². The first-order chi connectivity index (χ1) is 11.4. The number of carbonyl (C=O) groups is 1. The van der Waals surface area contributed by atoms with E-state index in [9.17, 15) is 9.59 Å². The Morgan fingerprint density at radius 3 is 2.75 bits per heavy atom. The standard InChI is InChI=1S/C16H12ClN3O4/c1-8-4-3-7-20-14(8)19-12(13(15(20)21)24-16(22)23)11-9(17)5-2-6-10(11)18/h2-7H,18H2,1H3,(H,22,23). The Hall–Kier alpha value is -3.06. The van der Waals surface area contributed by atoms with E-state index in [0.717, 1.165) is 5.56 Å². The molecule has 0 atom stereocenters. The first-order valence-electron chi connectivity index (χ1n) is 6.87. The number of benzene rings is 1. The van der Waals surface area contributed by atoms with Crippen molar-refractivity contribution in [2.24, 2.45) is 0 Å². The van der Waals surface area contributed by atoms with Gasteiger partial charge in [0.05, 0.1) is 5.02 Å². The average molecular weight is 346 g/mol. The van der Waals surface area contributed by atoms with Gasteiger partial charge in [-0.15, -0.1) is 0 Å². The molecule has 3 aromatic rings. The summed E-state index contributed by atoms with van der Waals surface area (Å²) in [6.45, 7) is 1.78. The van der Waals surface area contributed by atoms with Crippen LogP contribution >= 0.6 is 11.6 Å². The largest absolute Gasteiger partial charge is 0.511 e. The molecule has 0 bridgehead atoms. The Bertz CT molecular complexity index is 1010. The van der Waals surface area contributed by atoms with Crippen LogP contribution in [-0.4, -0.2) is 20.6 Å². The zero-order valence-electron chi connectivity index (χ0n) is 12.5. The minimum atomic E-state index is -1.63. The van der Waals surface area contributed by atoms with Crippen molar-refractivity contribution in [3.63, 3.8) is 0 Å². The number of pyridine rings is 1. The average Bonchev–Trinajstić information content (AvgIpc) is 2.51. The number of nitrogens with zero attached hydrogens (tertiary/aromatic N) is 2. The molecular formula is C16H12ClN3O4. The molecule has 0 aliphatic heterocycles. The molecule has 0 fully saturated rings. The van der Waals surface area contributed by atoms with E-state index in [1.807, 2.05) is 0 Å². The molecule has 0 unspecified atom stereocenters. The molecule has 7 nitrogen and oxygen atoms in total. The van der Waals surface area contributed by atoms with Crippen molar-refractivity contribution in [1.82, 2.24) is 9.38 Å². The zero-order valence-corrected chi connectivity index (χ0v) is 13.2. The van der Waals surface area contributed by atoms with Crippen LogP contribution in [0.1, 0.15) is 5.56 Å². The van der Waals surface area contributed by atoms with Gasteiger partial charge in [-0.25, -0.2) is 9.78 Å². The van der Waals surface area contributed by atoms with Crippen molar-refractivity contribution in [1.29, 1.82) is 0 Å². The first kappa shape index (κ1) is 15.8. The van der Waals surface area contributed by atoms with Gasteiger partial charge < -0.3 is 15.6 Å². The number of fused-ring (bicyclic) bond motifs is 1. The van der Waals surface area contributed by atoms with Crippen molar-refractivity contribution < 1.29 is 14.6 Å². The third kappa shape index (κ3) is 2.55. The fourth-order valence-electron chi connectivity index (χ4n) is 2.42. The number of carboxylic acid groups (broad SMARTS) is 1. The molecule has 24 heavy (non-hydrogen) atoms. The predicted molar refractivity (Wildman–Crippen MR) is 89.7 cm³/mol. The highest BCUT2D eigenvalue weighted by atomic mass is 35.5. The SMILES string of the molecule is Cc1cccn2c(=O)c(OC(=O)O)c(-c3c(N)cccc3Cl)nc12. The summed E-state index contributed by atoms with van der Waals surface area (Å²) in [5.41, 5.74) is 6.85. The monoisotopic (exact) mass is 345 g/mol. The quantitative estimate of drug-likeness (QED) is 0.546. The van der Waals surface area contributed by atoms with E-state index in [4.69, 9.17) is 27.2 Å². The Labute approximate surface area is 140 Å². The smallest absolute Gasteiger partial charge is 0.449 e. The third-order valence-electron chi connectivity index (χ3n) is 3.48. The summed E-state index contributed by atoms with van der Waals surface area (Å²) in [4.78, 5) is 28.1. The topological polar surface area (TPSA) is 107 Å². The van der Waals surface area contributed by atoms with Crippen LogP contribution in [0.4, 0.5) is 10.5 Å². The normalized spacial score (nSPS) is 10.8. The van der Waals surface area contributed by atoms with E-state index in [0.29, 0.717) is 5.65 Å². The summed E-state index contributed by atoms with van der Waals surface area (Å²) >= 11 is 6.18. The van der Waals surface area contributed by atoms with Crippen molar-refractivity contribution in [3.05, 3.63) is 57.5 Å². The fraction of sp³-hybridized carbons (Fsp3) is 0.0625. The highest BCUT2D eigenvalue weighted by molar-refractivity contribution is 6.34. The van der Waals surface area contributed by atoms with Crippen LogP contribution < -0.4 is 16.0 Å². The number of anilines is 1. The molecule has 1 aromatic carbocycles. The molecular weight excluding hydrogens is 334 g/mol. The van der Waals surface area contributed by atoms with Crippen molar-refractivity contribution >= 4 is 29.1 Å². The van der Waals surface area contributed by atoms with Gasteiger partial charge in [0.15, 0.2) is 0 Å². The van der Waals surface area contributed by atoms with Crippen molar-refractivity contribution in [2.45, 2.75) is 6.92 Å². The second-order valence-corrected chi connectivity index (χ2v) is 5.46. The number of rotatable bonds is 2. The van der Waals surface area contributed by atoms with E-state index in [2.05, 4.69) is 4.98 Å². The number of aromatic nitrogens is 2. The molecule has 2 aromatic heterocycles. The molecule has 0 amide bonds. The molecule has 3 rings (SSSR count). The molecule has 0 saturated heterocycles. The summed E-state index contributed by atoms with van der Waals surface area (Å²) in [6.07, 6.45) is -0.153. The van der Waals surface area contributed by atoms with Gasteiger partial charge in [0.25, 0.3) is 0 Å².